The molecule has 0 unspecified atom stereocenters. The summed E-state index contributed by atoms with van der Waals surface area (Å²) < 4.78 is 0. The van der Waals surface area contributed by atoms with E-state index in [4.69, 9.17) is 0 Å². The molecule has 8 heavy (non-hydrogen) atoms. The summed E-state index contributed by atoms with van der Waals surface area (Å²) in [4.78, 5) is 0. The minimum absolute atomic E-state index is 0. The van der Waals surface area contributed by atoms with E-state index in [1.165, 1.54) is 0 Å². The third-order valence-electron chi connectivity index (χ3n) is 0. The van der Waals surface area contributed by atoms with Gasteiger partial charge in [-0.05, 0) is 0 Å². The van der Waals surface area contributed by atoms with E-state index >= 15 is 0 Å². The molecule has 0 aliphatic rings. The maximum atomic E-state index is 0. The molecule has 0 aromatic carbocycles. The summed E-state index contributed by atoms with van der Waals surface area (Å²) in [6, 6.07) is 0. The molecule has 0 aromatic rings. The zero-order valence-corrected chi connectivity index (χ0v) is 15.4. The maximum Gasteiger partial charge on any atom is 0 e. The molecule has 8 heteroatoms. The van der Waals surface area contributed by atoms with Crippen LogP contribution in [-0.2, 0) is 0 Å². The fourth-order valence-corrected chi connectivity index (χ4v) is 0. The first kappa shape index (κ1) is 121. The van der Waals surface area contributed by atoms with E-state index in [0.717, 1.165) is 0 Å². The summed E-state index contributed by atoms with van der Waals surface area (Å²) in [5.41, 5.74) is 0. The summed E-state index contributed by atoms with van der Waals surface area (Å²) in [6.45, 7) is 0. The predicted octanol–water partition coefficient (Wildman–Crippen LogP) is -4.82. The molecule has 16 radical (unpaired) electrons. The third kappa shape index (κ3) is 63.3. The summed E-state index contributed by atoms with van der Waals surface area (Å²) in [5.74, 6) is 0. The van der Waals surface area contributed by atoms with Crippen molar-refractivity contribution in [2.45, 2.75) is 0 Å². The van der Waals surface area contributed by atoms with E-state index < -0.39 is 0 Å². The summed E-state index contributed by atoms with van der Waals surface area (Å²) in [7, 11) is 0. The average molecular weight is 547 g/mol. The fourth-order valence-electron chi connectivity index (χ4n) is 0. The topological polar surface area (TPSA) is 126 Å². The van der Waals surface area contributed by atoms with Gasteiger partial charge in [0.05, 0.1) is 0 Å². The minimum atomic E-state index is 0. The van der Waals surface area contributed by atoms with Crippen LogP contribution >= 0.6 is 0 Å². The van der Waals surface area contributed by atoms with Gasteiger partial charge in [0, 0.05) is 95.6 Å². The van der Waals surface area contributed by atoms with Crippen LogP contribution in [-0.4, -0.2) is 118 Å². The largest absolute Gasteiger partial charge is 0.412 e. The molecule has 0 aliphatic carbocycles. The molecule has 0 fully saturated rings. The van der Waals surface area contributed by atoms with Crippen molar-refractivity contribution in [2.75, 3.05) is 0 Å². The summed E-state index contributed by atoms with van der Waals surface area (Å²) in [5, 5.41) is 0. The van der Waals surface area contributed by atoms with E-state index in [-0.39, 0.29) is 118 Å². The van der Waals surface area contributed by atoms with Crippen molar-refractivity contribution in [2.24, 2.45) is 0 Å². The van der Waals surface area contributed by atoms with Crippen LogP contribution in [0.3, 0.4) is 0 Å². The maximum absolute atomic E-state index is 0. The Bertz CT molecular complexity index is 8.00. The van der Waals surface area contributed by atoms with Gasteiger partial charge in [0.25, 0.3) is 0 Å². The van der Waals surface area contributed by atoms with E-state index in [0.29, 0.717) is 0 Å². The van der Waals surface area contributed by atoms with Gasteiger partial charge in [-0.2, -0.15) is 0 Å². The first-order chi connectivity index (χ1) is 0. The van der Waals surface area contributed by atoms with Crippen LogP contribution in [0.5, 0.6) is 0 Å². The van der Waals surface area contributed by atoms with Crippen molar-refractivity contribution in [3.05, 3.63) is 0 Å². The molecule has 0 atom stereocenters. The Kier molecular flexibility index (Phi) is 1340. The van der Waals surface area contributed by atoms with Gasteiger partial charge < -0.3 is 21.9 Å². The molecule has 4 nitrogen and oxygen atoms in total. The van der Waals surface area contributed by atoms with Crippen LogP contribution in [0.15, 0.2) is 0 Å². The first-order valence-corrected chi connectivity index (χ1v) is 0. The van der Waals surface area contributed by atoms with Gasteiger partial charge in [-0.3, -0.25) is 0 Å². The van der Waals surface area contributed by atoms with Crippen LogP contribution < -0.4 is 0 Å². The Morgan fingerprint density at radius 1 is 0.250 bits per heavy atom. The van der Waals surface area contributed by atoms with E-state index in [1.54, 1.807) is 0 Å². The Morgan fingerprint density at radius 3 is 0.250 bits per heavy atom. The van der Waals surface area contributed by atoms with Crippen molar-refractivity contribution in [1.29, 1.82) is 0 Å². The molecule has 0 bridgehead atoms. The number of hydrogen-bond acceptors (Lipinski definition) is 0. The molecule has 8 N–H and O–H groups in total. The Morgan fingerprint density at radius 2 is 0.250 bits per heavy atom. The first-order valence-electron chi connectivity index (χ1n) is 0. The second-order valence-electron chi connectivity index (χ2n) is 0. The smallest absolute Gasteiger partial charge is 0 e. The Balaban J connectivity index is 0. The van der Waals surface area contributed by atoms with Gasteiger partial charge >= 0.3 is 0 Å². The zero-order valence-electron chi connectivity index (χ0n) is 4.00. The van der Waals surface area contributed by atoms with Crippen LogP contribution in [0, 0.1) is 0 Å². The predicted molar refractivity (Wildman–Crippen MR) is 37.5 cm³/mol. The molecule has 0 heterocycles. The average Bonchev–Trinajstić information content (AvgIpc) is 0. The molecule has 0 saturated carbocycles. The normalized spacial score (nSPS) is 0. The second kappa shape index (κ2) is 88.9. The van der Waals surface area contributed by atoms with Crippen molar-refractivity contribution in [1.82, 2.24) is 0 Å². The summed E-state index contributed by atoms with van der Waals surface area (Å²) in [6.07, 6.45) is 0. The fraction of sp³-hybridized carbons (Fsp3) is 0. The van der Waals surface area contributed by atoms with E-state index in [1.807, 2.05) is 0 Å². The standard InChI is InChI=1S/4H2O.4Sn/h4*1H2;;;;. The van der Waals surface area contributed by atoms with Crippen molar-refractivity contribution < 1.29 is 21.9 Å². The monoisotopic (exact) mass is 552 g/mol. The van der Waals surface area contributed by atoms with E-state index in [9.17, 15) is 0 Å². The second-order valence-corrected chi connectivity index (χ2v) is 0. The van der Waals surface area contributed by atoms with E-state index in [2.05, 4.69) is 0 Å². The third-order valence-corrected chi connectivity index (χ3v) is 0. The van der Waals surface area contributed by atoms with Gasteiger partial charge in [-0.25, -0.2) is 0 Å². The SMILES string of the molecule is O.O.O.O.[Sn].[Sn].[Sn].[Sn]. The van der Waals surface area contributed by atoms with Gasteiger partial charge in [-0.1, -0.05) is 0 Å². The van der Waals surface area contributed by atoms with Crippen LogP contribution in [0.4, 0.5) is 0 Å². The molecule has 0 rings (SSSR count). The van der Waals surface area contributed by atoms with Crippen molar-refractivity contribution >= 4 is 95.6 Å². The van der Waals surface area contributed by atoms with Gasteiger partial charge in [0.15, 0.2) is 0 Å². The quantitative estimate of drug-likeness (QED) is 0.270. The van der Waals surface area contributed by atoms with Gasteiger partial charge in [0.1, 0.15) is 0 Å². The van der Waals surface area contributed by atoms with Crippen LogP contribution in [0.2, 0.25) is 0 Å². The van der Waals surface area contributed by atoms with Crippen LogP contribution in [0.25, 0.3) is 0 Å². The Labute approximate surface area is 116 Å². The van der Waals surface area contributed by atoms with Gasteiger partial charge in [0.2, 0.25) is 0 Å². The molecule has 48 valence electrons. The van der Waals surface area contributed by atoms with Crippen molar-refractivity contribution in [3.63, 3.8) is 0 Å². The molecule has 0 aliphatic heterocycles. The van der Waals surface area contributed by atoms with Gasteiger partial charge in [-0.15, -0.1) is 0 Å². The summed E-state index contributed by atoms with van der Waals surface area (Å²) >= 11 is 0. The minimum Gasteiger partial charge on any atom is -0.412 e. The number of hydrogen-bond donors (Lipinski definition) is 0. The molecular weight excluding hydrogens is 539 g/mol. The number of rotatable bonds is 0. The zero-order chi connectivity index (χ0) is 0. The molecular formula is H8O4Sn4. The van der Waals surface area contributed by atoms with Crippen LogP contribution in [0.1, 0.15) is 0 Å². The molecule has 0 saturated heterocycles. The molecule has 0 spiro atoms. The molecule has 0 aromatic heterocycles. The Hall–Kier alpha value is 3.03. The van der Waals surface area contributed by atoms with Crippen molar-refractivity contribution in [3.8, 4) is 0 Å². The molecule has 0 amide bonds.